The lowest BCUT2D eigenvalue weighted by atomic mass is 10.2. The van der Waals surface area contributed by atoms with Crippen LogP contribution in [0.2, 0.25) is 0 Å². The molecule has 0 spiro atoms. The van der Waals surface area contributed by atoms with Gasteiger partial charge in [0.2, 0.25) is 0 Å². The maximum atomic E-state index is 11.3. The van der Waals surface area contributed by atoms with Crippen LogP contribution in [0.15, 0.2) is 88.9 Å². The third-order valence-corrected chi connectivity index (χ3v) is 5.20. The summed E-state index contributed by atoms with van der Waals surface area (Å²) in [5, 5.41) is 12.4. The van der Waals surface area contributed by atoms with Gasteiger partial charge in [-0.3, -0.25) is 15.1 Å². The molecule has 0 N–H and O–H groups in total. The third-order valence-electron chi connectivity index (χ3n) is 4.09. The minimum Gasteiger partial charge on any atom is -0.340 e. The molecule has 0 fully saturated rings. The number of nitrogens with zero attached hydrogens (tertiary/aromatic N) is 3. The monoisotopic (exact) mass is 361 g/mol. The molecule has 0 saturated carbocycles. The Morgan fingerprint density at radius 3 is 2.54 bits per heavy atom. The van der Waals surface area contributed by atoms with Crippen molar-refractivity contribution in [2.45, 2.75) is 16.3 Å². The molecule has 26 heavy (non-hydrogen) atoms. The van der Waals surface area contributed by atoms with Crippen molar-refractivity contribution >= 4 is 28.4 Å². The number of aromatic nitrogens is 2. The van der Waals surface area contributed by atoms with E-state index in [1.54, 1.807) is 18.3 Å². The van der Waals surface area contributed by atoms with Gasteiger partial charge in [-0.1, -0.05) is 48.2 Å². The summed E-state index contributed by atoms with van der Waals surface area (Å²) in [6, 6.07) is 20.8. The molecule has 6 heteroatoms. The second kappa shape index (κ2) is 7.01. The minimum atomic E-state index is -0.338. The Kier molecular flexibility index (Phi) is 4.41. The highest BCUT2D eigenvalue weighted by atomic mass is 32.2. The zero-order valence-electron chi connectivity index (χ0n) is 13.8. The van der Waals surface area contributed by atoms with E-state index in [0.717, 1.165) is 21.5 Å². The molecular formula is C20H15N3O2S. The van der Waals surface area contributed by atoms with Gasteiger partial charge >= 0.3 is 0 Å². The second-order valence-electron chi connectivity index (χ2n) is 5.79. The van der Waals surface area contributed by atoms with Crippen LogP contribution in [0.25, 0.3) is 10.9 Å². The van der Waals surface area contributed by atoms with Gasteiger partial charge in [0.1, 0.15) is 0 Å². The summed E-state index contributed by atoms with van der Waals surface area (Å²) in [6.45, 7) is 0.652. The molecular weight excluding hydrogens is 346 g/mol. The number of hydrogen-bond donors (Lipinski definition) is 0. The maximum Gasteiger partial charge on any atom is 0.283 e. The Morgan fingerprint density at radius 2 is 1.73 bits per heavy atom. The SMILES string of the molecule is O=[N+]([O-])c1ccccc1Sc1cn(Cc2ccccn2)c2ccccc12. The molecule has 0 unspecified atom stereocenters. The van der Waals surface area contributed by atoms with Gasteiger partial charge in [-0.25, -0.2) is 0 Å². The molecule has 4 aromatic rings. The fourth-order valence-corrected chi connectivity index (χ4v) is 4.00. The Labute approximate surface area is 154 Å². The number of nitro groups is 1. The van der Waals surface area contributed by atoms with Gasteiger partial charge in [-0.2, -0.15) is 0 Å². The van der Waals surface area contributed by atoms with Gasteiger partial charge < -0.3 is 4.57 Å². The predicted molar refractivity (Wildman–Crippen MR) is 102 cm³/mol. The Hall–Kier alpha value is -3.12. The summed E-state index contributed by atoms with van der Waals surface area (Å²) in [5.74, 6) is 0. The van der Waals surface area contributed by atoms with E-state index in [1.807, 2.05) is 48.7 Å². The van der Waals surface area contributed by atoms with Crippen molar-refractivity contribution in [2.24, 2.45) is 0 Å². The van der Waals surface area contributed by atoms with Crippen molar-refractivity contribution in [1.29, 1.82) is 0 Å². The van der Waals surface area contributed by atoms with E-state index < -0.39 is 0 Å². The largest absolute Gasteiger partial charge is 0.340 e. The first-order valence-electron chi connectivity index (χ1n) is 8.11. The number of fused-ring (bicyclic) bond motifs is 1. The Balaban J connectivity index is 1.76. The molecule has 0 saturated heterocycles. The van der Waals surface area contributed by atoms with Gasteiger partial charge in [-0.05, 0) is 24.3 Å². The number of hydrogen-bond acceptors (Lipinski definition) is 4. The molecule has 0 amide bonds. The fraction of sp³-hybridized carbons (Fsp3) is 0.0500. The zero-order chi connectivity index (χ0) is 17.9. The van der Waals surface area contributed by atoms with Gasteiger partial charge in [0.15, 0.2) is 0 Å². The zero-order valence-corrected chi connectivity index (χ0v) is 14.6. The lowest BCUT2D eigenvalue weighted by Crippen LogP contribution is -1.99. The lowest BCUT2D eigenvalue weighted by Gasteiger charge is -2.04. The maximum absolute atomic E-state index is 11.3. The third kappa shape index (κ3) is 3.19. The number of benzene rings is 2. The van der Waals surface area contributed by atoms with Gasteiger partial charge in [0, 0.05) is 34.3 Å². The number of pyridine rings is 1. The molecule has 2 aromatic heterocycles. The Bertz CT molecular complexity index is 1080. The molecule has 0 aliphatic rings. The normalized spacial score (nSPS) is 10.9. The highest BCUT2D eigenvalue weighted by molar-refractivity contribution is 7.99. The predicted octanol–water partition coefficient (Wildman–Crippen LogP) is 5.14. The van der Waals surface area contributed by atoms with Crippen LogP contribution in [0.1, 0.15) is 5.69 Å². The van der Waals surface area contributed by atoms with Gasteiger partial charge in [0.25, 0.3) is 5.69 Å². The standard InChI is InChI=1S/C20H15N3O2S/c24-23(25)18-10-3-4-11-19(18)26-20-14-22(13-15-7-5-6-12-21-15)17-9-2-1-8-16(17)20/h1-12,14H,13H2. The Morgan fingerprint density at radius 1 is 0.962 bits per heavy atom. The average Bonchev–Trinajstić information content (AvgIpc) is 3.00. The molecule has 0 atom stereocenters. The molecule has 0 bridgehead atoms. The van der Waals surface area contributed by atoms with Crippen LogP contribution < -0.4 is 0 Å². The first-order chi connectivity index (χ1) is 12.7. The molecule has 0 aliphatic heterocycles. The van der Waals surface area contributed by atoms with Gasteiger partial charge in [-0.15, -0.1) is 0 Å². The summed E-state index contributed by atoms with van der Waals surface area (Å²) in [7, 11) is 0. The van der Waals surface area contributed by atoms with Crippen LogP contribution in [-0.4, -0.2) is 14.5 Å². The fourth-order valence-electron chi connectivity index (χ4n) is 2.90. The topological polar surface area (TPSA) is 61.0 Å². The smallest absolute Gasteiger partial charge is 0.283 e. The lowest BCUT2D eigenvalue weighted by molar-refractivity contribution is -0.387. The molecule has 2 heterocycles. The summed E-state index contributed by atoms with van der Waals surface area (Å²) >= 11 is 1.42. The summed E-state index contributed by atoms with van der Waals surface area (Å²) < 4.78 is 2.13. The van der Waals surface area contributed by atoms with Crippen molar-refractivity contribution in [1.82, 2.24) is 9.55 Å². The number of rotatable bonds is 5. The first kappa shape index (κ1) is 16.4. The van der Waals surface area contributed by atoms with Crippen molar-refractivity contribution in [3.05, 3.63) is 94.9 Å². The van der Waals surface area contributed by atoms with Crippen molar-refractivity contribution < 1.29 is 4.92 Å². The molecule has 2 aromatic carbocycles. The van der Waals surface area contributed by atoms with E-state index in [1.165, 1.54) is 17.8 Å². The minimum absolute atomic E-state index is 0.124. The average molecular weight is 361 g/mol. The molecule has 0 radical (unpaired) electrons. The van der Waals surface area contributed by atoms with Crippen molar-refractivity contribution in [2.75, 3.05) is 0 Å². The van der Waals surface area contributed by atoms with Crippen LogP contribution in [0.3, 0.4) is 0 Å². The van der Waals surface area contributed by atoms with E-state index in [9.17, 15) is 10.1 Å². The second-order valence-corrected chi connectivity index (χ2v) is 6.87. The van der Waals surface area contributed by atoms with Crippen molar-refractivity contribution in [3.63, 3.8) is 0 Å². The van der Waals surface area contributed by atoms with Crippen molar-refractivity contribution in [3.8, 4) is 0 Å². The van der Waals surface area contributed by atoms with Crippen LogP contribution in [0.4, 0.5) is 5.69 Å². The van der Waals surface area contributed by atoms with E-state index in [-0.39, 0.29) is 10.6 Å². The molecule has 5 nitrogen and oxygen atoms in total. The molecule has 4 rings (SSSR count). The number of nitro benzene ring substituents is 1. The van der Waals surface area contributed by atoms with E-state index in [0.29, 0.717) is 11.4 Å². The van der Waals surface area contributed by atoms with Crippen LogP contribution in [0, 0.1) is 10.1 Å². The molecule has 128 valence electrons. The highest BCUT2D eigenvalue weighted by Gasteiger charge is 2.16. The molecule has 0 aliphatic carbocycles. The summed E-state index contributed by atoms with van der Waals surface area (Å²) in [5.41, 5.74) is 2.17. The first-order valence-corrected chi connectivity index (χ1v) is 8.93. The van der Waals surface area contributed by atoms with Gasteiger partial charge in [0.05, 0.1) is 22.1 Å². The van der Waals surface area contributed by atoms with Crippen LogP contribution in [0.5, 0.6) is 0 Å². The highest BCUT2D eigenvalue weighted by Crippen LogP contribution is 2.39. The summed E-state index contributed by atoms with van der Waals surface area (Å²) in [4.78, 5) is 17.0. The van der Waals surface area contributed by atoms with E-state index in [2.05, 4.69) is 15.6 Å². The van der Waals surface area contributed by atoms with Crippen LogP contribution in [-0.2, 0) is 6.54 Å². The van der Waals surface area contributed by atoms with E-state index in [4.69, 9.17) is 0 Å². The summed E-state index contributed by atoms with van der Waals surface area (Å²) in [6.07, 6.45) is 3.82. The quantitative estimate of drug-likeness (QED) is 0.364. The number of para-hydroxylation sites is 2. The van der Waals surface area contributed by atoms with Crippen LogP contribution >= 0.6 is 11.8 Å². The van der Waals surface area contributed by atoms with E-state index >= 15 is 0 Å².